The van der Waals surface area contributed by atoms with Gasteiger partial charge in [-0.1, -0.05) is 26.8 Å². The second-order valence-electron chi connectivity index (χ2n) is 11.7. The zero-order valence-corrected chi connectivity index (χ0v) is 22.4. The van der Waals surface area contributed by atoms with Gasteiger partial charge in [-0.2, -0.15) is 5.26 Å². The summed E-state index contributed by atoms with van der Waals surface area (Å²) in [5.74, 6) is 0.0834. The maximum absolute atomic E-state index is 13.9. The predicted octanol–water partition coefficient (Wildman–Crippen LogP) is 5.16. The van der Waals surface area contributed by atoms with Gasteiger partial charge >= 0.3 is 0 Å². The summed E-state index contributed by atoms with van der Waals surface area (Å²) in [6, 6.07) is 12.2. The average Bonchev–Trinajstić information content (AvgIpc) is 3.32. The fraction of sp³-hybridized carbons (Fsp3) is 0.484. The third-order valence-corrected chi connectivity index (χ3v) is 9.25. The highest BCUT2D eigenvalue weighted by atomic mass is 16.5. The number of carbonyl (C=O) groups excluding carboxylic acids is 1. The van der Waals surface area contributed by atoms with Gasteiger partial charge in [0, 0.05) is 65.0 Å². The summed E-state index contributed by atoms with van der Waals surface area (Å²) in [6.07, 6.45) is 3.14. The SMILES string of the molecule is CCc1cc2c(cc1N1CCC(C)(N3CCOCC3)CC1)C(C)(C)c1[nH]c3cc(C#N)ccc3c1C2=O. The Labute approximate surface area is 219 Å². The molecule has 6 nitrogen and oxygen atoms in total. The van der Waals surface area contributed by atoms with Crippen LogP contribution < -0.4 is 4.90 Å². The number of nitrogens with zero attached hydrogens (tertiary/aromatic N) is 3. The van der Waals surface area contributed by atoms with Gasteiger partial charge in [-0.3, -0.25) is 9.69 Å². The minimum absolute atomic E-state index is 0.0834. The smallest absolute Gasteiger partial charge is 0.195 e. The standard InChI is InChI=1S/C31H36N4O2/c1-5-21-17-23-24(18-26(21)34-10-8-31(4,9-11-34)35-12-14-37-15-13-35)30(2,3)29-27(28(23)36)22-7-6-20(19-32)16-25(22)33-29/h6-7,16-18,33H,5,8-15H2,1-4H3. The average molecular weight is 497 g/mol. The predicted molar refractivity (Wildman–Crippen MR) is 147 cm³/mol. The van der Waals surface area contributed by atoms with Crippen molar-refractivity contribution in [2.45, 2.75) is 57.9 Å². The van der Waals surface area contributed by atoms with Crippen LogP contribution in [0.25, 0.3) is 10.9 Å². The molecule has 3 aromatic rings. The van der Waals surface area contributed by atoms with Crippen molar-refractivity contribution in [3.63, 3.8) is 0 Å². The fourth-order valence-electron chi connectivity index (χ4n) is 6.81. The molecule has 0 spiro atoms. The number of nitriles is 1. The van der Waals surface area contributed by atoms with Gasteiger partial charge in [-0.15, -0.1) is 0 Å². The first-order chi connectivity index (χ1) is 17.8. The summed E-state index contributed by atoms with van der Waals surface area (Å²) in [7, 11) is 0. The summed E-state index contributed by atoms with van der Waals surface area (Å²) in [5.41, 5.74) is 7.44. The van der Waals surface area contributed by atoms with Gasteiger partial charge in [-0.05, 0) is 61.6 Å². The third-order valence-electron chi connectivity index (χ3n) is 9.25. The number of piperidine rings is 1. The van der Waals surface area contributed by atoms with Crippen LogP contribution in [0.4, 0.5) is 5.69 Å². The first-order valence-electron chi connectivity index (χ1n) is 13.6. The van der Waals surface area contributed by atoms with Crippen molar-refractivity contribution in [1.82, 2.24) is 9.88 Å². The molecule has 3 aliphatic rings. The summed E-state index contributed by atoms with van der Waals surface area (Å²) in [6.45, 7) is 14.8. The topological polar surface area (TPSA) is 72.4 Å². The lowest BCUT2D eigenvalue weighted by Crippen LogP contribution is -2.56. The van der Waals surface area contributed by atoms with Crippen LogP contribution in [0.2, 0.25) is 0 Å². The van der Waals surface area contributed by atoms with Crippen LogP contribution in [-0.4, -0.2) is 60.6 Å². The van der Waals surface area contributed by atoms with Crippen LogP contribution in [-0.2, 0) is 16.6 Å². The number of H-pyrrole nitrogens is 1. The number of ether oxygens (including phenoxy) is 1. The molecule has 2 saturated heterocycles. The number of aryl methyl sites for hydroxylation is 1. The molecule has 1 aromatic heterocycles. The molecular formula is C31H36N4O2. The first kappa shape index (κ1) is 24.2. The van der Waals surface area contributed by atoms with Gasteiger partial charge in [0.05, 0.1) is 30.4 Å². The zero-order chi connectivity index (χ0) is 25.9. The van der Waals surface area contributed by atoms with Crippen molar-refractivity contribution in [3.8, 4) is 6.07 Å². The van der Waals surface area contributed by atoms with Crippen LogP contribution in [0.5, 0.6) is 0 Å². The molecule has 6 heteroatoms. The highest BCUT2D eigenvalue weighted by Crippen LogP contribution is 2.46. The molecule has 0 bridgehead atoms. The molecule has 2 fully saturated rings. The molecule has 192 valence electrons. The van der Waals surface area contributed by atoms with Crippen molar-refractivity contribution in [2.75, 3.05) is 44.3 Å². The molecule has 2 aromatic carbocycles. The van der Waals surface area contributed by atoms with Gasteiger partial charge in [0.25, 0.3) is 0 Å². The number of rotatable bonds is 3. The number of aromatic nitrogens is 1. The number of anilines is 1. The van der Waals surface area contributed by atoms with E-state index in [0.29, 0.717) is 5.56 Å². The van der Waals surface area contributed by atoms with Crippen LogP contribution in [0.15, 0.2) is 30.3 Å². The lowest BCUT2D eigenvalue weighted by atomic mass is 9.70. The Bertz CT molecular complexity index is 1430. The van der Waals surface area contributed by atoms with Crippen molar-refractivity contribution >= 4 is 22.4 Å². The molecule has 0 atom stereocenters. The van der Waals surface area contributed by atoms with Crippen molar-refractivity contribution < 1.29 is 9.53 Å². The second-order valence-corrected chi connectivity index (χ2v) is 11.7. The zero-order valence-electron chi connectivity index (χ0n) is 22.4. The molecule has 1 aliphatic carbocycles. The van der Waals surface area contributed by atoms with Crippen molar-refractivity contribution in [2.24, 2.45) is 0 Å². The number of nitrogens with one attached hydrogen (secondary N) is 1. The molecular weight excluding hydrogens is 460 g/mol. The number of hydrogen-bond donors (Lipinski definition) is 1. The molecule has 3 heterocycles. The highest BCUT2D eigenvalue weighted by Gasteiger charge is 2.41. The van der Waals surface area contributed by atoms with E-state index in [1.807, 2.05) is 12.1 Å². The third kappa shape index (κ3) is 3.71. The van der Waals surface area contributed by atoms with E-state index in [9.17, 15) is 10.1 Å². The normalized spacial score (nSPS) is 20.9. The summed E-state index contributed by atoms with van der Waals surface area (Å²) >= 11 is 0. The van der Waals surface area contributed by atoms with Gasteiger partial charge in [0.1, 0.15) is 0 Å². The first-order valence-corrected chi connectivity index (χ1v) is 13.6. The maximum atomic E-state index is 13.9. The van der Waals surface area contributed by atoms with Crippen molar-refractivity contribution in [1.29, 1.82) is 5.26 Å². The Morgan fingerprint density at radius 3 is 2.46 bits per heavy atom. The Hall–Kier alpha value is -3.14. The van der Waals surface area contributed by atoms with Crippen LogP contribution in [0.3, 0.4) is 0 Å². The number of benzene rings is 2. The van der Waals surface area contributed by atoms with E-state index in [1.165, 1.54) is 11.3 Å². The van der Waals surface area contributed by atoms with Gasteiger partial charge in [0.15, 0.2) is 5.78 Å². The van der Waals surface area contributed by atoms with E-state index in [2.05, 4.69) is 60.7 Å². The minimum atomic E-state index is -0.358. The molecule has 2 aliphatic heterocycles. The summed E-state index contributed by atoms with van der Waals surface area (Å²) < 4.78 is 5.60. The Morgan fingerprint density at radius 2 is 1.78 bits per heavy atom. The number of carbonyl (C=O) groups is 1. The Balaban J connectivity index is 1.38. The lowest BCUT2D eigenvalue weighted by molar-refractivity contribution is -0.0248. The van der Waals surface area contributed by atoms with Crippen molar-refractivity contribution in [3.05, 3.63) is 63.8 Å². The number of hydrogen-bond acceptors (Lipinski definition) is 5. The molecule has 1 N–H and O–H groups in total. The minimum Gasteiger partial charge on any atom is -0.379 e. The van der Waals surface area contributed by atoms with Gasteiger partial charge < -0.3 is 14.6 Å². The fourth-order valence-corrected chi connectivity index (χ4v) is 6.81. The molecule has 37 heavy (non-hydrogen) atoms. The summed E-state index contributed by atoms with van der Waals surface area (Å²) in [5, 5.41) is 10.3. The van der Waals surface area contributed by atoms with E-state index in [0.717, 1.165) is 91.9 Å². The molecule has 6 rings (SSSR count). The number of morpholine rings is 1. The van der Waals surface area contributed by atoms with Gasteiger partial charge in [0.2, 0.25) is 0 Å². The number of aromatic amines is 1. The molecule has 0 radical (unpaired) electrons. The van der Waals surface area contributed by atoms with E-state index in [-0.39, 0.29) is 16.7 Å². The monoisotopic (exact) mass is 496 g/mol. The maximum Gasteiger partial charge on any atom is 0.195 e. The number of fused-ring (bicyclic) bond motifs is 4. The highest BCUT2D eigenvalue weighted by molar-refractivity contribution is 6.20. The summed E-state index contributed by atoms with van der Waals surface area (Å²) in [4.78, 5) is 22.6. The lowest BCUT2D eigenvalue weighted by Gasteiger charge is -2.49. The molecule has 0 saturated carbocycles. The van der Waals surface area contributed by atoms with E-state index in [1.54, 1.807) is 6.07 Å². The van der Waals surface area contributed by atoms with E-state index in [4.69, 9.17) is 4.74 Å². The van der Waals surface area contributed by atoms with E-state index >= 15 is 0 Å². The Kier molecular flexibility index (Phi) is 5.70. The van der Waals surface area contributed by atoms with E-state index < -0.39 is 0 Å². The molecule has 0 unspecified atom stereocenters. The van der Waals surface area contributed by atoms with Crippen LogP contribution in [0, 0.1) is 11.3 Å². The molecule has 0 amide bonds. The van der Waals surface area contributed by atoms with Crippen LogP contribution >= 0.6 is 0 Å². The van der Waals surface area contributed by atoms with Gasteiger partial charge in [-0.25, -0.2) is 0 Å². The van der Waals surface area contributed by atoms with Crippen LogP contribution in [0.1, 0.15) is 78.8 Å². The second kappa shape index (κ2) is 8.72. The Morgan fingerprint density at radius 1 is 1.05 bits per heavy atom. The number of ketones is 1. The largest absolute Gasteiger partial charge is 0.379 e. The quantitative estimate of drug-likeness (QED) is 0.542.